The number of nitrogens with one attached hydrogen (secondary N) is 2. The standard InChI is InChI=1S/C25H28N6O2.C3H6/c1-3-16-10-29-11-18(16)8-19(27)14-33-20-9-21(25(30-12-20)17-6-7-32-13-17)23-5-4-22(28)24(31-23)15(2)26;1-3-2/h4-7,9-13,19,26,29H,3,8,14,27-28H2,1-2H3;3H,1H2,2H3. The summed E-state index contributed by atoms with van der Waals surface area (Å²) in [5.74, 6) is 0.587. The fourth-order valence-electron chi connectivity index (χ4n) is 3.76. The van der Waals surface area contributed by atoms with E-state index in [-0.39, 0.29) is 6.04 Å². The number of nitrogens with zero attached hydrogens (tertiary/aromatic N) is 2. The average molecular weight is 487 g/mol. The monoisotopic (exact) mass is 486 g/mol. The van der Waals surface area contributed by atoms with Crippen molar-refractivity contribution < 1.29 is 9.15 Å². The number of furan rings is 1. The number of aromatic amines is 1. The largest absolute Gasteiger partial charge is 0.490 e. The molecule has 0 saturated carbocycles. The average Bonchev–Trinajstić information content (AvgIpc) is 3.55. The van der Waals surface area contributed by atoms with Gasteiger partial charge in [-0.15, -0.1) is 6.58 Å². The Hall–Kier alpha value is -4.17. The van der Waals surface area contributed by atoms with Crippen molar-refractivity contribution in [3.05, 3.63) is 84.9 Å². The highest BCUT2D eigenvalue weighted by molar-refractivity contribution is 5.99. The van der Waals surface area contributed by atoms with Crippen LogP contribution in [0.2, 0.25) is 0 Å². The molecular weight excluding hydrogens is 452 g/mol. The molecule has 0 aliphatic carbocycles. The van der Waals surface area contributed by atoms with E-state index in [9.17, 15) is 0 Å². The third-order valence-corrected chi connectivity index (χ3v) is 5.47. The number of aromatic nitrogens is 3. The summed E-state index contributed by atoms with van der Waals surface area (Å²) in [6, 6.07) is 7.13. The van der Waals surface area contributed by atoms with Gasteiger partial charge in [-0.1, -0.05) is 13.0 Å². The maximum atomic E-state index is 7.98. The molecule has 0 spiro atoms. The van der Waals surface area contributed by atoms with E-state index in [4.69, 9.17) is 26.0 Å². The second-order valence-electron chi connectivity index (χ2n) is 8.38. The first-order chi connectivity index (χ1) is 17.4. The lowest BCUT2D eigenvalue weighted by Crippen LogP contribution is -2.30. The van der Waals surface area contributed by atoms with Gasteiger partial charge < -0.3 is 31.0 Å². The second-order valence-corrected chi connectivity index (χ2v) is 8.38. The lowest BCUT2D eigenvalue weighted by molar-refractivity contribution is 0.286. The topological polar surface area (TPSA) is 140 Å². The summed E-state index contributed by atoms with van der Waals surface area (Å²) in [4.78, 5) is 12.4. The van der Waals surface area contributed by atoms with E-state index in [1.54, 1.807) is 37.8 Å². The zero-order valence-electron chi connectivity index (χ0n) is 21.0. The van der Waals surface area contributed by atoms with Crippen LogP contribution in [0.3, 0.4) is 0 Å². The molecule has 36 heavy (non-hydrogen) atoms. The highest BCUT2D eigenvalue weighted by Gasteiger charge is 2.16. The lowest BCUT2D eigenvalue weighted by Gasteiger charge is -2.15. The number of anilines is 1. The van der Waals surface area contributed by atoms with Crippen molar-refractivity contribution in [2.45, 2.75) is 39.7 Å². The molecule has 0 fully saturated rings. The minimum atomic E-state index is -0.162. The van der Waals surface area contributed by atoms with Crippen LogP contribution in [0.15, 0.2) is 72.5 Å². The van der Waals surface area contributed by atoms with Gasteiger partial charge in [-0.25, -0.2) is 4.98 Å². The van der Waals surface area contributed by atoms with E-state index in [2.05, 4.69) is 28.5 Å². The summed E-state index contributed by atoms with van der Waals surface area (Å²) >= 11 is 0. The van der Waals surface area contributed by atoms with Gasteiger partial charge >= 0.3 is 0 Å². The summed E-state index contributed by atoms with van der Waals surface area (Å²) in [6.07, 6.45) is 12.3. The third-order valence-electron chi connectivity index (χ3n) is 5.47. The SMILES string of the molecule is C=CC.CCc1c[nH]cc1CC(N)COc1cnc(-c2ccoc2)c(-c2ccc(N)c(C(C)=N)n2)c1. The molecule has 0 aromatic carbocycles. The Labute approximate surface area is 211 Å². The van der Waals surface area contributed by atoms with E-state index in [0.29, 0.717) is 40.8 Å². The second kappa shape index (κ2) is 12.5. The van der Waals surface area contributed by atoms with Gasteiger partial charge in [0.25, 0.3) is 0 Å². The van der Waals surface area contributed by atoms with Gasteiger partial charge in [-0.3, -0.25) is 4.98 Å². The molecule has 6 N–H and O–H groups in total. The zero-order valence-corrected chi connectivity index (χ0v) is 21.0. The fraction of sp³-hybridized carbons (Fsp3) is 0.250. The van der Waals surface area contributed by atoms with Crippen molar-refractivity contribution in [2.24, 2.45) is 5.73 Å². The number of aryl methyl sites for hydroxylation is 1. The number of rotatable bonds is 9. The molecule has 1 atom stereocenters. The first kappa shape index (κ1) is 26.4. The smallest absolute Gasteiger partial charge is 0.138 e. The van der Waals surface area contributed by atoms with E-state index < -0.39 is 0 Å². The molecule has 0 bridgehead atoms. The minimum Gasteiger partial charge on any atom is -0.490 e. The summed E-state index contributed by atoms with van der Waals surface area (Å²) in [6.45, 7) is 9.38. The Bertz CT molecular complexity index is 1290. The molecule has 0 saturated heterocycles. The highest BCUT2D eigenvalue weighted by Crippen LogP contribution is 2.33. The molecule has 0 aliphatic rings. The maximum absolute atomic E-state index is 7.98. The fourth-order valence-corrected chi connectivity index (χ4v) is 3.76. The molecule has 0 amide bonds. The van der Waals surface area contributed by atoms with Crippen molar-refractivity contribution in [3.63, 3.8) is 0 Å². The Kier molecular flexibility index (Phi) is 9.19. The molecule has 4 aromatic rings. The Morgan fingerprint density at radius 3 is 2.69 bits per heavy atom. The van der Waals surface area contributed by atoms with Crippen LogP contribution in [-0.4, -0.2) is 33.3 Å². The molecule has 4 aromatic heterocycles. The highest BCUT2D eigenvalue weighted by atomic mass is 16.5. The molecule has 0 radical (unpaired) electrons. The van der Waals surface area contributed by atoms with Crippen molar-refractivity contribution in [1.29, 1.82) is 5.41 Å². The summed E-state index contributed by atoms with van der Waals surface area (Å²) in [5.41, 5.74) is 18.9. The number of pyridine rings is 2. The third kappa shape index (κ3) is 6.49. The zero-order chi connectivity index (χ0) is 26.1. The van der Waals surface area contributed by atoms with Crippen molar-refractivity contribution in [1.82, 2.24) is 15.0 Å². The van der Waals surface area contributed by atoms with Crippen LogP contribution in [-0.2, 0) is 12.8 Å². The summed E-state index contributed by atoms with van der Waals surface area (Å²) in [5, 5.41) is 7.98. The van der Waals surface area contributed by atoms with E-state index >= 15 is 0 Å². The number of ether oxygens (including phenoxy) is 1. The lowest BCUT2D eigenvalue weighted by atomic mass is 10.0. The van der Waals surface area contributed by atoms with Crippen LogP contribution in [0.5, 0.6) is 5.75 Å². The Balaban J connectivity index is 0.00000115. The van der Waals surface area contributed by atoms with Crippen molar-refractivity contribution in [3.8, 4) is 28.3 Å². The van der Waals surface area contributed by atoms with Gasteiger partial charge in [0.1, 0.15) is 18.1 Å². The van der Waals surface area contributed by atoms with E-state index in [1.807, 2.05) is 37.5 Å². The van der Waals surface area contributed by atoms with Crippen LogP contribution >= 0.6 is 0 Å². The molecular formula is C28H34N6O2. The Morgan fingerprint density at radius 2 is 2.03 bits per heavy atom. The van der Waals surface area contributed by atoms with Gasteiger partial charge in [0.2, 0.25) is 0 Å². The first-order valence-electron chi connectivity index (χ1n) is 11.8. The van der Waals surface area contributed by atoms with Crippen LogP contribution in [0, 0.1) is 5.41 Å². The van der Waals surface area contributed by atoms with Crippen LogP contribution < -0.4 is 16.2 Å². The quantitative estimate of drug-likeness (QED) is 0.184. The predicted molar refractivity (Wildman–Crippen MR) is 145 cm³/mol. The number of allylic oxidation sites excluding steroid dienone is 1. The number of hydrogen-bond donors (Lipinski definition) is 4. The van der Waals surface area contributed by atoms with Crippen LogP contribution in [0.4, 0.5) is 5.69 Å². The van der Waals surface area contributed by atoms with Gasteiger partial charge in [-0.2, -0.15) is 0 Å². The van der Waals surface area contributed by atoms with Gasteiger partial charge in [-0.05, 0) is 62.1 Å². The molecule has 0 aliphatic heterocycles. The van der Waals surface area contributed by atoms with E-state index in [1.165, 1.54) is 11.1 Å². The maximum Gasteiger partial charge on any atom is 0.138 e. The Morgan fingerprint density at radius 1 is 1.28 bits per heavy atom. The predicted octanol–water partition coefficient (Wildman–Crippen LogP) is 5.41. The normalized spacial score (nSPS) is 11.3. The number of hydrogen-bond acceptors (Lipinski definition) is 7. The molecule has 1 unspecified atom stereocenters. The molecule has 188 valence electrons. The van der Waals surface area contributed by atoms with Crippen molar-refractivity contribution in [2.75, 3.05) is 12.3 Å². The number of H-pyrrole nitrogens is 1. The first-order valence-corrected chi connectivity index (χ1v) is 11.8. The molecule has 8 heteroatoms. The number of nitrogens with two attached hydrogens (primary N) is 2. The van der Waals surface area contributed by atoms with E-state index in [0.717, 1.165) is 24.0 Å². The van der Waals surface area contributed by atoms with Gasteiger partial charge in [0.15, 0.2) is 0 Å². The number of nitrogen functional groups attached to an aromatic ring is 1. The van der Waals surface area contributed by atoms with Gasteiger partial charge in [0.05, 0.1) is 41.5 Å². The van der Waals surface area contributed by atoms with Crippen LogP contribution in [0.25, 0.3) is 22.5 Å². The van der Waals surface area contributed by atoms with Crippen molar-refractivity contribution >= 4 is 11.4 Å². The molecule has 4 rings (SSSR count). The van der Waals surface area contributed by atoms with Crippen LogP contribution in [0.1, 0.15) is 37.6 Å². The summed E-state index contributed by atoms with van der Waals surface area (Å²) < 4.78 is 11.3. The van der Waals surface area contributed by atoms with Gasteiger partial charge in [0, 0.05) is 29.6 Å². The minimum absolute atomic E-state index is 0.162. The summed E-state index contributed by atoms with van der Waals surface area (Å²) in [7, 11) is 0. The molecule has 8 nitrogen and oxygen atoms in total. The molecule has 4 heterocycles.